The second-order valence-corrected chi connectivity index (χ2v) is 11.7. The number of aliphatic carboxylic acids is 2. The van der Waals surface area contributed by atoms with Crippen molar-refractivity contribution in [3.05, 3.63) is 57.7 Å². The molecule has 0 aliphatic rings. The summed E-state index contributed by atoms with van der Waals surface area (Å²) in [5.74, 6) is -3.71. The summed E-state index contributed by atoms with van der Waals surface area (Å²) in [6.45, 7) is 0.147. The van der Waals surface area contributed by atoms with E-state index in [-0.39, 0.29) is 29.4 Å². The van der Waals surface area contributed by atoms with E-state index in [0.29, 0.717) is 5.69 Å². The van der Waals surface area contributed by atoms with Crippen molar-refractivity contribution in [2.75, 3.05) is 5.32 Å². The summed E-state index contributed by atoms with van der Waals surface area (Å²) in [5.41, 5.74) is 1.16. The van der Waals surface area contributed by atoms with Gasteiger partial charge in [0.15, 0.2) is 5.11 Å². The fourth-order valence-electron chi connectivity index (χ4n) is 3.31. The minimum Gasteiger partial charge on any atom is -0.481 e. The van der Waals surface area contributed by atoms with Crippen molar-refractivity contribution in [2.24, 2.45) is 5.14 Å². The van der Waals surface area contributed by atoms with Crippen molar-refractivity contribution >= 4 is 79.4 Å². The van der Waals surface area contributed by atoms with Crippen molar-refractivity contribution < 1.29 is 37.8 Å². The third kappa shape index (κ3) is 11.8. The van der Waals surface area contributed by atoms with Crippen molar-refractivity contribution in [1.82, 2.24) is 16.0 Å². The van der Waals surface area contributed by atoms with Crippen LogP contribution in [0.25, 0.3) is 0 Å². The van der Waals surface area contributed by atoms with Crippen LogP contribution in [0, 0.1) is 3.57 Å². The zero-order valence-corrected chi connectivity index (χ0v) is 24.7. The number of amides is 2. The molecule has 0 radical (unpaired) electrons. The van der Waals surface area contributed by atoms with Crippen LogP contribution in [-0.4, -0.2) is 59.6 Å². The highest BCUT2D eigenvalue weighted by Gasteiger charge is 2.27. The van der Waals surface area contributed by atoms with E-state index >= 15 is 0 Å². The summed E-state index contributed by atoms with van der Waals surface area (Å²) < 4.78 is 23.9. The van der Waals surface area contributed by atoms with Gasteiger partial charge in [-0.05, 0) is 89.6 Å². The van der Waals surface area contributed by atoms with E-state index in [4.69, 9.17) is 27.6 Å². The molecule has 16 heteroatoms. The lowest BCUT2D eigenvalue weighted by Gasteiger charge is -2.24. The van der Waals surface area contributed by atoms with Crippen molar-refractivity contribution in [3.8, 4) is 0 Å². The van der Waals surface area contributed by atoms with Gasteiger partial charge in [0.2, 0.25) is 21.8 Å². The highest BCUT2D eigenvalue weighted by molar-refractivity contribution is 14.1. The van der Waals surface area contributed by atoms with E-state index in [0.717, 1.165) is 9.13 Å². The SMILES string of the molecule is NS(=O)(=O)c1ccc(NC(=S)NC(CCC(=O)O)C(=O)NC(CCC(=O)O)C(=O)NCc2ccc(I)cc2)cc1. The first kappa shape index (κ1) is 32.9. The van der Waals surface area contributed by atoms with Gasteiger partial charge in [0.25, 0.3) is 0 Å². The molecule has 2 aromatic rings. The number of carbonyl (C=O) groups excluding carboxylic acids is 2. The number of thiocarbonyl (C=S) groups is 1. The van der Waals surface area contributed by atoms with E-state index in [9.17, 15) is 27.6 Å². The van der Waals surface area contributed by atoms with Gasteiger partial charge in [-0.25, -0.2) is 13.6 Å². The van der Waals surface area contributed by atoms with Crippen LogP contribution in [0.5, 0.6) is 0 Å². The quantitative estimate of drug-likeness (QED) is 0.109. The number of rotatable bonds is 14. The van der Waals surface area contributed by atoms with Crippen LogP contribution in [0.3, 0.4) is 0 Å². The number of hydrogen-bond acceptors (Lipinski definition) is 7. The van der Waals surface area contributed by atoms with E-state index < -0.39 is 58.7 Å². The number of benzene rings is 2. The second-order valence-electron chi connectivity index (χ2n) is 8.49. The molecule has 2 aromatic carbocycles. The minimum atomic E-state index is -3.90. The maximum atomic E-state index is 13.1. The Hall–Kier alpha value is -3.35. The van der Waals surface area contributed by atoms with Crippen molar-refractivity contribution in [2.45, 2.75) is 49.2 Å². The zero-order valence-electron chi connectivity index (χ0n) is 20.9. The Labute approximate surface area is 249 Å². The molecular formula is C24H28IN5O8S2. The molecule has 0 bridgehead atoms. The molecule has 0 spiro atoms. The van der Waals surface area contributed by atoms with Gasteiger partial charge in [-0.2, -0.15) is 0 Å². The highest BCUT2D eigenvalue weighted by atomic mass is 127. The molecule has 216 valence electrons. The third-order valence-electron chi connectivity index (χ3n) is 5.37. The minimum absolute atomic E-state index is 0.0841. The van der Waals surface area contributed by atoms with E-state index in [2.05, 4.69) is 43.9 Å². The van der Waals surface area contributed by atoms with Crippen LogP contribution < -0.4 is 26.4 Å². The Bertz CT molecular complexity index is 1340. The fourth-order valence-corrected chi connectivity index (χ4v) is 4.45. The molecule has 0 aromatic heterocycles. The number of nitrogens with one attached hydrogen (secondary N) is 4. The number of primary sulfonamides is 1. The molecule has 2 amide bonds. The summed E-state index contributed by atoms with van der Waals surface area (Å²) in [4.78, 5) is 48.2. The number of carboxylic acid groups (broad SMARTS) is 2. The molecule has 0 saturated carbocycles. The van der Waals surface area contributed by atoms with Gasteiger partial charge in [0, 0.05) is 28.6 Å². The maximum absolute atomic E-state index is 13.1. The van der Waals surface area contributed by atoms with Gasteiger partial charge >= 0.3 is 11.9 Å². The third-order valence-corrected chi connectivity index (χ3v) is 7.24. The molecular weight excluding hydrogens is 677 g/mol. The Balaban J connectivity index is 2.11. The lowest BCUT2D eigenvalue weighted by molar-refractivity contribution is -0.139. The fraction of sp³-hybridized carbons (Fsp3) is 0.292. The van der Waals surface area contributed by atoms with Gasteiger partial charge in [0.05, 0.1) is 4.90 Å². The predicted molar refractivity (Wildman–Crippen MR) is 158 cm³/mol. The van der Waals surface area contributed by atoms with Crippen LogP contribution in [0.2, 0.25) is 0 Å². The molecule has 2 rings (SSSR count). The number of carbonyl (C=O) groups is 4. The van der Waals surface area contributed by atoms with Crippen LogP contribution in [0.1, 0.15) is 31.2 Å². The van der Waals surface area contributed by atoms with Crippen LogP contribution >= 0.6 is 34.8 Å². The first-order valence-corrected chi connectivity index (χ1v) is 14.7. The van der Waals surface area contributed by atoms with Gasteiger partial charge in [-0.3, -0.25) is 19.2 Å². The number of anilines is 1. The zero-order chi connectivity index (χ0) is 29.9. The molecule has 13 nitrogen and oxygen atoms in total. The molecule has 0 saturated heterocycles. The Kier molecular flexibility index (Phi) is 12.7. The average Bonchev–Trinajstić information content (AvgIpc) is 2.87. The maximum Gasteiger partial charge on any atom is 0.303 e. The largest absolute Gasteiger partial charge is 0.481 e. The first-order valence-electron chi connectivity index (χ1n) is 11.7. The van der Waals surface area contributed by atoms with Crippen molar-refractivity contribution in [1.29, 1.82) is 0 Å². The van der Waals surface area contributed by atoms with Gasteiger partial charge in [-0.15, -0.1) is 0 Å². The monoisotopic (exact) mass is 705 g/mol. The van der Waals surface area contributed by atoms with Gasteiger partial charge in [-0.1, -0.05) is 12.1 Å². The standard InChI is InChI=1S/C24H28IN5O8S2/c25-15-3-1-14(2-4-15)13-27-22(35)18(9-11-20(31)32)29-23(36)19(10-12-21(33)34)30-24(39)28-16-5-7-17(8-6-16)40(26,37)38/h1-8,18-19H,9-13H2,(H,27,35)(H,29,36)(H,31,32)(H,33,34)(H2,26,37,38)(H2,28,30,39). The molecule has 8 N–H and O–H groups in total. The number of hydrogen-bond donors (Lipinski definition) is 7. The molecule has 2 unspecified atom stereocenters. The summed E-state index contributed by atoms with van der Waals surface area (Å²) in [6, 6.07) is 10.2. The first-order chi connectivity index (χ1) is 18.7. The summed E-state index contributed by atoms with van der Waals surface area (Å²) >= 11 is 7.36. The Morgan fingerprint density at radius 2 is 1.38 bits per heavy atom. The smallest absolute Gasteiger partial charge is 0.303 e. The lowest BCUT2D eigenvalue weighted by atomic mass is 10.1. The molecule has 0 heterocycles. The summed E-state index contributed by atoms with van der Waals surface area (Å²) in [5, 5.41) is 33.8. The van der Waals surface area contributed by atoms with E-state index in [1.54, 1.807) is 0 Å². The van der Waals surface area contributed by atoms with Crippen LogP contribution in [0.4, 0.5) is 5.69 Å². The summed E-state index contributed by atoms with van der Waals surface area (Å²) in [7, 11) is -3.90. The molecule has 40 heavy (non-hydrogen) atoms. The van der Waals surface area contributed by atoms with Crippen LogP contribution in [0.15, 0.2) is 53.4 Å². The Morgan fingerprint density at radius 1 is 0.850 bits per heavy atom. The number of carboxylic acids is 2. The molecule has 2 atom stereocenters. The normalized spacial score (nSPS) is 12.4. The van der Waals surface area contributed by atoms with Crippen LogP contribution in [-0.2, 0) is 35.7 Å². The topological polar surface area (TPSA) is 217 Å². The average molecular weight is 706 g/mol. The highest BCUT2D eigenvalue weighted by Crippen LogP contribution is 2.13. The van der Waals surface area contributed by atoms with Gasteiger partial charge in [0.1, 0.15) is 12.1 Å². The van der Waals surface area contributed by atoms with Gasteiger partial charge < -0.3 is 31.5 Å². The van der Waals surface area contributed by atoms with E-state index in [1.807, 2.05) is 24.3 Å². The molecule has 0 aliphatic heterocycles. The predicted octanol–water partition coefficient (Wildman–Crippen LogP) is 1.12. The molecule has 0 aliphatic carbocycles. The summed E-state index contributed by atoms with van der Waals surface area (Å²) in [6.07, 6.45) is -1.22. The lowest BCUT2D eigenvalue weighted by Crippen LogP contribution is -2.54. The number of sulfonamides is 1. The Morgan fingerprint density at radius 3 is 1.88 bits per heavy atom. The number of nitrogens with two attached hydrogens (primary N) is 1. The van der Waals surface area contributed by atoms with E-state index in [1.165, 1.54) is 24.3 Å². The molecule has 0 fully saturated rings. The van der Waals surface area contributed by atoms with Crippen molar-refractivity contribution in [3.63, 3.8) is 0 Å². The second kappa shape index (κ2) is 15.4. The number of halogens is 1.